The van der Waals surface area contributed by atoms with Gasteiger partial charge in [0.2, 0.25) is 0 Å². The van der Waals surface area contributed by atoms with E-state index in [4.69, 9.17) is 29.3 Å². The van der Waals surface area contributed by atoms with Gasteiger partial charge < -0.3 is 19.7 Å². The van der Waals surface area contributed by atoms with E-state index in [1.54, 1.807) is 12.3 Å². The number of halogens is 7. The molecule has 0 amide bonds. The average molecular weight is 560 g/mol. The Morgan fingerprint density at radius 1 is 1.13 bits per heavy atom. The fraction of sp³-hybridized carbons (Fsp3) is 0.524. The molecule has 0 radical (unpaired) electrons. The molecule has 0 spiro atoms. The number of nitrogens with zero attached hydrogens (tertiary/aromatic N) is 4. The molecule has 2 fully saturated rings. The van der Waals surface area contributed by atoms with Gasteiger partial charge in [0, 0.05) is 44.1 Å². The first-order chi connectivity index (χ1) is 17.6. The van der Waals surface area contributed by atoms with Crippen molar-refractivity contribution in [3.8, 4) is 5.88 Å². The van der Waals surface area contributed by atoms with Crippen LogP contribution in [0.1, 0.15) is 18.4 Å². The lowest BCUT2D eigenvalue weighted by molar-refractivity contribution is -0.193. The number of ether oxygens (including phenoxy) is 2. The Bertz CT molecular complexity index is 1050. The summed E-state index contributed by atoms with van der Waals surface area (Å²) in [6.45, 7) is 2.40. The number of aliphatic carboxylic acids is 2. The monoisotopic (exact) mass is 560 g/mol. The zero-order chi connectivity index (χ0) is 28.7. The van der Waals surface area contributed by atoms with E-state index in [1.165, 1.54) is 11.6 Å². The maximum Gasteiger partial charge on any atom is 0.490 e. The Kier molecular flexibility index (Phi) is 10.4. The molecule has 1 aliphatic carbocycles. The van der Waals surface area contributed by atoms with Crippen LogP contribution in [0, 0.1) is 5.82 Å². The minimum atomic E-state index is -5.08. The molecule has 17 heteroatoms. The van der Waals surface area contributed by atoms with Crippen molar-refractivity contribution in [1.29, 1.82) is 0 Å². The summed E-state index contributed by atoms with van der Waals surface area (Å²) in [4.78, 5) is 24.2. The molecule has 0 unspecified atom stereocenters. The maximum atomic E-state index is 13.8. The van der Waals surface area contributed by atoms with Gasteiger partial charge in [0.05, 0.1) is 12.8 Å². The quantitative estimate of drug-likeness (QED) is 0.543. The van der Waals surface area contributed by atoms with Crippen LogP contribution in [0.15, 0.2) is 30.7 Å². The lowest BCUT2D eigenvalue weighted by Gasteiger charge is -2.38. The Labute approximate surface area is 210 Å². The zero-order valence-corrected chi connectivity index (χ0v) is 19.6. The van der Waals surface area contributed by atoms with E-state index in [-0.39, 0.29) is 24.1 Å². The number of rotatable bonds is 4. The lowest BCUT2D eigenvalue weighted by Crippen LogP contribution is -2.51. The van der Waals surface area contributed by atoms with Gasteiger partial charge in [-0.1, -0.05) is 0 Å². The summed E-state index contributed by atoms with van der Waals surface area (Å²) < 4.78 is 90.9. The van der Waals surface area contributed by atoms with Crippen molar-refractivity contribution in [2.24, 2.45) is 7.05 Å². The molecule has 3 heterocycles. The SMILES string of the molecule is Cn1cc(CN2CCO[C@H]3[C@@H](Oc4ncccc4F)CC[C@@H]32)cn1.O=C(O)C(F)(F)F.O=C(O)C(F)(F)F. The normalized spacial score (nSPS) is 21.3. The molecule has 1 saturated carbocycles. The van der Waals surface area contributed by atoms with E-state index < -0.39 is 30.1 Å². The summed E-state index contributed by atoms with van der Waals surface area (Å²) in [5.74, 6) is -5.87. The van der Waals surface area contributed by atoms with Gasteiger partial charge in [-0.05, 0) is 25.0 Å². The van der Waals surface area contributed by atoms with E-state index in [0.29, 0.717) is 6.61 Å². The highest BCUT2D eigenvalue weighted by Gasteiger charge is 2.44. The minimum absolute atomic E-state index is 0.0446. The van der Waals surface area contributed by atoms with Crippen LogP contribution in [0.3, 0.4) is 0 Å². The number of fused-ring (bicyclic) bond motifs is 1. The number of alkyl halides is 6. The second-order valence-corrected chi connectivity index (χ2v) is 8.03. The van der Waals surface area contributed by atoms with Gasteiger partial charge in [0.1, 0.15) is 12.2 Å². The van der Waals surface area contributed by atoms with Gasteiger partial charge >= 0.3 is 24.3 Å². The number of aromatic nitrogens is 3. The first-order valence-electron chi connectivity index (χ1n) is 10.8. The van der Waals surface area contributed by atoms with Crippen LogP contribution < -0.4 is 4.74 Å². The molecule has 10 nitrogen and oxygen atoms in total. The summed E-state index contributed by atoms with van der Waals surface area (Å²) in [5.41, 5.74) is 1.19. The van der Waals surface area contributed by atoms with Crippen LogP contribution in [0.4, 0.5) is 30.7 Å². The van der Waals surface area contributed by atoms with Crippen molar-refractivity contribution in [2.75, 3.05) is 13.2 Å². The molecule has 4 rings (SSSR count). The van der Waals surface area contributed by atoms with Crippen molar-refractivity contribution in [2.45, 2.75) is 50.0 Å². The van der Waals surface area contributed by atoms with Crippen LogP contribution in [-0.2, 0) is 27.9 Å². The Morgan fingerprint density at radius 3 is 2.24 bits per heavy atom. The fourth-order valence-electron chi connectivity index (χ4n) is 3.70. The molecule has 1 aliphatic heterocycles. The number of pyridine rings is 1. The molecule has 2 N–H and O–H groups in total. The van der Waals surface area contributed by atoms with Gasteiger partial charge in [-0.3, -0.25) is 9.58 Å². The number of aryl methyl sites for hydroxylation is 1. The highest BCUT2D eigenvalue weighted by atomic mass is 19.4. The number of carboxylic acid groups (broad SMARTS) is 2. The van der Waals surface area contributed by atoms with Crippen molar-refractivity contribution >= 4 is 11.9 Å². The first kappa shape index (κ1) is 30.8. The number of carboxylic acids is 2. The predicted octanol–water partition coefficient (Wildman–Crippen LogP) is 3.03. The molecular formula is C21H23F7N4O6. The van der Waals surface area contributed by atoms with E-state index in [0.717, 1.165) is 25.9 Å². The molecule has 212 valence electrons. The Balaban J connectivity index is 0.000000301. The van der Waals surface area contributed by atoms with Gasteiger partial charge in [-0.2, -0.15) is 31.4 Å². The highest BCUT2D eigenvalue weighted by Crippen LogP contribution is 2.33. The lowest BCUT2D eigenvalue weighted by atomic mass is 10.1. The van der Waals surface area contributed by atoms with Crippen molar-refractivity contribution in [1.82, 2.24) is 19.7 Å². The van der Waals surface area contributed by atoms with Crippen LogP contribution in [0.25, 0.3) is 0 Å². The van der Waals surface area contributed by atoms with Crippen molar-refractivity contribution in [3.05, 3.63) is 42.1 Å². The molecule has 1 saturated heterocycles. The molecule has 2 aromatic rings. The second-order valence-electron chi connectivity index (χ2n) is 8.03. The van der Waals surface area contributed by atoms with Crippen LogP contribution in [0.2, 0.25) is 0 Å². The maximum absolute atomic E-state index is 13.8. The third-order valence-corrected chi connectivity index (χ3v) is 5.27. The fourth-order valence-corrected chi connectivity index (χ4v) is 3.70. The van der Waals surface area contributed by atoms with Crippen molar-refractivity contribution in [3.63, 3.8) is 0 Å². The van der Waals surface area contributed by atoms with Gasteiger partial charge in [-0.25, -0.2) is 19.0 Å². The van der Waals surface area contributed by atoms with E-state index in [2.05, 4.69) is 15.0 Å². The van der Waals surface area contributed by atoms with Gasteiger partial charge in [-0.15, -0.1) is 0 Å². The summed E-state index contributed by atoms with van der Waals surface area (Å²) in [6, 6.07) is 3.22. The van der Waals surface area contributed by atoms with Gasteiger partial charge in [0.15, 0.2) is 5.82 Å². The largest absolute Gasteiger partial charge is 0.490 e. The number of carbonyl (C=O) groups is 2. The molecule has 2 aromatic heterocycles. The van der Waals surface area contributed by atoms with Crippen LogP contribution in [0.5, 0.6) is 5.88 Å². The topological polar surface area (TPSA) is 127 Å². The van der Waals surface area contributed by atoms with Crippen molar-refractivity contribution < 1.29 is 60.0 Å². The zero-order valence-electron chi connectivity index (χ0n) is 19.6. The minimum Gasteiger partial charge on any atom is -0.475 e. The third-order valence-electron chi connectivity index (χ3n) is 5.27. The predicted molar refractivity (Wildman–Crippen MR) is 112 cm³/mol. The summed E-state index contributed by atoms with van der Waals surface area (Å²) in [7, 11) is 1.92. The van der Waals surface area contributed by atoms with E-state index >= 15 is 0 Å². The standard InChI is InChI=1S/C17H21FN4O2.2C2HF3O2/c1-21-10-12(9-20-21)11-22-7-8-23-16-14(22)4-5-15(16)24-17-13(18)3-2-6-19-17;2*3-2(4,5)1(6)7/h2-3,6,9-10,14-16H,4-5,7-8,11H2,1H3;2*(H,6,7)/t14-,15-,16+;;/m0../s1. The molecule has 0 bridgehead atoms. The molecule has 38 heavy (non-hydrogen) atoms. The Hall–Kier alpha value is -3.47. The number of hydrogen-bond donors (Lipinski definition) is 2. The first-order valence-corrected chi connectivity index (χ1v) is 10.8. The number of morpholine rings is 1. The summed E-state index contributed by atoms with van der Waals surface area (Å²) >= 11 is 0. The summed E-state index contributed by atoms with van der Waals surface area (Å²) in [6.07, 6.45) is -3.07. The van der Waals surface area contributed by atoms with E-state index in [1.807, 2.05) is 24.1 Å². The molecule has 3 atom stereocenters. The molecule has 0 aromatic carbocycles. The summed E-state index contributed by atoms with van der Waals surface area (Å²) in [5, 5.41) is 18.5. The third kappa shape index (κ3) is 9.13. The second kappa shape index (κ2) is 12.9. The van der Waals surface area contributed by atoms with Crippen LogP contribution >= 0.6 is 0 Å². The van der Waals surface area contributed by atoms with Crippen LogP contribution in [-0.4, -0.2) is 85.6 Å². The number of hydrogen-bond acceptors (Lipinski definition) is 7. The van der Waals surface area contributed by atoms with Gasteiger partial charge in [0.25, 0.3) is 5.88 Å². The molecule has 2 aliphatic rings. The highest BCUT2D eigenvalue weighted by molar-refractivity contribution is 5.73. The smallest absolute Gasteiger partial charge is 0.475 e. The molecular weight excluding hydrogens is 537 g/mol. The average Bonchev–Trinajstić information content (AvgIpc) is 3.41. The Morgan fingerprint density at radius 2 is 1.74 bits per heavy atom. The van der Waals surface area contributed by atoms with E-state index in [9.17, 15) is 30.7 Å².